The molecular formula is C18H20ClN3O5S2. The number of anilines is 1. The van der Waals surface area contributed by atoms with E-state index in [0.717, 1.165) is 12.8 Å². The smallest absolute Gasteiger partial charge is 0.242 e. The molecule has 1 saturated carbocycles. The van der Waals surface area contributed by atoms with Crippen molar-refractivity contribution < 1.29 is 21.6 Å². The molecule has 1 aliphatic carbocycles. The maximum atomic E-state index is 12.4. The summed E-state index contributed by atoms with van der Waals surface area (Å²) in [5.41, 5.74) is 0.242. The van der Waals surface area contributed by atoms with E-state index in [1.165, 1.54) is 55.5 Å². The van der Waals surface area contributed by atoms with Crippen LogP contribution in [-0.4, -0.2) is 34.8 Å². The molecule has 3 N–H and O–H groups in total. The molecule has 11 heteroatoms. The Morgan fingerprint density at radius 3 is 2.28 bits per heavy atom. The maximum absolute atomic E-state index is 12.4. The van der Waals surface area contributed by atoms with Gasteiger partial charge in [0.1, 0.15) is 0 Å². The summed E-state index contributed by atoms with van der Waals surface area (Å²) < 4.78 is 54.2. The lowest BCUT2D eigenvalue weighted by molar-refractivity contribution is -0.117. The molecular weight excluding hydrogens is 438 g/mol. The molecule has 0 bridgehead atoms. The Balaban J connectivity index is 1.68. The molecule has 0 heterocycles. The fourth-order valence-corrected chi connectivity index (χ4v) is 5.13. The van der Waals surface area contributed by atoms with Crippen LogP contribution in [0.4, 0.5) is 5.69 Å². The Bertz CT molecular complexity index is 1110. The fourth-order valence-electron chi connectivity index (χ4n) is 2.45. The SMILES string of the molecule is C[C@H](NS(=O)(=O)c1ccc(Cl)cc1)C(=O)Nc1cccc(S(=O)(=O)NC2CC2)c1. The molecule has 1 fully saturated rings. The number of rotatable bonds is 8. The fraction of sp³-hybridized carbons (Fsp3) is 0.278. The highest BCUT2D eigenvalue weighted by Gasteiger charge is 2.28. The number of amides is 1. The average Bonchev–Trinajstić information content (AvgIpc) is 3.45. The summed E-state index contributed by atoms with van der Waals surface area (Å²) >= 11 is 5.76. The molecule has 1 amide bonds. The van der Waals surface area contributed by atoms with E-state index >= 15 is 0 Å². The molecule has 1 atom stereocenters. The van der Waals surface area contributed by atoms with E-state index in [2.05, 4.69) is 14.8 Å². The van der Waals surface area contributed by atoms with E-state index in [-0.39, 0.29) is 21.5 Å². The van der Waals surface area contributed by atoms with Crippen molar-refractivity contribution >= 4 is 43.2 Å². The predicted molar refractivity (Wildman–Crippen MR) is 110 cm³/mol. The Labute approximate surface area is 174 Å². The normalized spacial score (nSPS) is 15.7. The second kappa shape index (κ2) is 8.41. The third-order valence-electron chi connectivity index (χ3n) is 4.16. The molecule has 8 nitrogen and oxygen atoms in total. The Kier molecular flexibility index (Phi) is 6.30. The van der Waals surface area contributed by atoms with E-state index in [4.69, 9.17) is 11.6 Å². The minimum Gasteiger partial charge on any atom is -0.325 e. The third kappa shape index (κ3) is 5.77. The van der Waals surface area contributed by atoms with Gasteiger partial charge in [-0.2, -0.15) is 4.72 Å². The van der Waals surface area contributed by atoms with Gasteiger partial charge >= 0.3 is 0 Å². The van der Waals surface area contributed by atoms with E-state index < -0.39 is 32.0 Å². The van der Waals surface area contributed by atoms with Crippen LogP contribution in [0.15, 0.2) is 58.3 Å². The average molecular weight is 458 g/mol. The number of halogens is 1. The van der Waals surface area contributed by atoms with Gasteiger partial charge in [0.2, 0.25) is 26.0 Å². The van der Waals surface area contributed by atoms with Gasteiger partial charge in [0.15, 0.2) is 0 Å². The van der Waals surface area contributed by atoms with Gasteiger partial charge in [0.25, 0.3) is 0 Å². The number of carbonyl (C=O) groups is 1. The first kappa shape index (κ1) is 21.7. The molecule has 2 aromatic rings. The summed E-state index contributed by atoms with van der Waals surface area (Å²) in [6.45, 7) is 1.39. The topological polar surface area (TPSA) is 121 Å². The lowest BCUT2D eigenvalue weighted by Crippen LogP contribution is -2.41. The van der Waals surface area contributed by atoms with Gasteiger partial charge in [-0.25, -0.2) is 21.6 Å². The summed E-state index contributed by atoms with van der Waals surface area (Å²) in [6, 6.07) is 10.2. The van der Waals surface area contributed by atoms with Crippen molar-refractivity contribution in [3.63, 3.8) is 0 Å². The molecule has 0 aromatic heterocycles. The minimum absolute atomic E-state index is 0.0246. The highest BCUT2D eigenvalue weighted by atomic mass is 35.5. The van der Waals surface area contributed by atoms with E-state index in [1.54, 1.807) is 0 Å². The van der Waals surface area contributed by atoms with Crippen molar-refractivity contribution in [1.82, 2.24) is 9.44 Å². The molecule has 1 aliphatic rings. The van der Waals surface area contributed by atoms with Crippen molar-refractivity contribution in [2.75, 3.05) is 5.32 Å². The van der Waals surface area contributed by atoms with Crippen molar-refractivity contribution in [1.29, 1.82) is 0 Å². The van der Waals surface area contributed by atoms with Crippen LogP contribution in [0.2, 0.25) is 5.02 Å². The highest BCUT2D eigenvalue weighted by molar-refractivity contribution is 7.89. The monoisotopic (exact) mass is 457 g/mol. The van der Waals surface area contributed by atoms with Crippen LogP contribution in [0.5, 0.6) is 0 Å². The van der Waals surface area contributed by atoms with Crippen molar-refractivity contribution in [2.45, 2.75) is 41.6 Å². The van der Waals surface area contributed by atoms with Gasteiger partial charge in [0.05, 0.1) is 15.8 Å². The van der Waals surface area contributed by atoms with Crippen molar-refractivity contribution in [2.24, 2.45) is 0 Å². The van der Waals surface area contributed by atoms with Gasteiger partial charge in [-0.1, -0.05) is 17.7 Å². The minimum atomic E-state index is -3.93. The van der Waals surface area contributed by atoms with Crippen LogP contribution in [0, 0.1) is 0 Å². The van der Waals surface area contributed by atoms with Crippen LogP contribution < -0.4 is 14.8 Å². The molecule has 0 aliphatic heterocycles. The lowest BCUT2D eigenvalue weighted by atomic mass is 10.3. The summed E-state index contributed by atoms with van der Waals surface area (Å²) in [7, 11) is -7.59. The first-order valence-corrected chi connectivity index (χ1v) is 12.1. The Morgan fingerprint density at radius 2 is 1.66 bits per heavy atom. The number of carbonyl (C=O) groups excluding carboxylic acids is 1. The van der Waals surface area contributed by atoms with Crippen LogP contribution in [0.25, 0.3) is 0 Å². The van der Waals surface area contributed by atoms with Crippen LogP contribution in [0.1, 0.15) is 19.8 Å². The van der Waals surface area contributed by atoms with Crippen LogP contribution in [0.3, 0.4) is 0 Å². The zero-order valence-corrected chi connectivity index (χ0v) is 17.8. The van der Waals surface area contributed by atoms with E-state index in [9.17, 15) is 21.6 Å². The highest BCUT2D eigenvalue weighted by Crippen LogP contribution is 2.23. The summed E-state index contributed by atoms with van der Waals surface area (Å²) in [6.07, 6.45) is 1.61. The van der Waals surface area contributed by atoms with Crippen LogP contribution in [-0.2, 0) is 24.8 Å². The number of sulfonamides is 2. The standard InChI is InChI=1S/C18H20ClN3O5S2/c1-12(21-28(24,25)16-9-5-13(19)6-10-16)18(23)20-15-3-2-4-17(11-15)29(26,27)22-14-7-8-14/h2-6,9-12,14,21-22H,7-8H2,1H3,(H,20,23)/t12-/m0/s1. The Hall–Kier alpha value is -1.98. The first-order valence-electron chi connectivity index (χ1n) is 8.78. The van der Waals surface area contributed by atoms with Gasteiger partial charge in [-0.15, -0.1) is 0 Å². The van der Waals surface area contributed by atoms with Gasteiger partial charge in [-0.05, 0) is 62.2 Å². The number of hydrogen-bond donors (Lipinski definition) is 3. The molecule has 29 heavy (non-hydrogen) atoms. The number of hydrogen-bond acceptors (Lipinski definition) is 5. The van der Waals surface area contributed by atoms with Gasteiger partial charge in [0, 0.05) is 16.8 Å². The van der Waals surface area contributed by atoms with Gasteiger partial charge in [-0.3, -0.25) is 4.79 Å². The molecule has 156 valence electrons. The zero-order valence-electron chi connectivity index (χ0n) is 15.4. The number of benzene rings is 2. The third-order valence-corrected chi connectivity index (χ3v) is 7.49. The zero-order chi connectivity index (χ0) is 21.2. The molecule has 0 unspecified atom stereocenters. The molecule has 0 spiro atoms. The van der Waals surface area contributed by atoms with Crippen molar-refractivity contribution in [3.8, 4) is 0 Å². The van der Waals surface area contributed by atoms with E-state index in [1.807, 2.05) is 0 Å². The number of nitrogens with one attached hydrogen (secondary N) is 3. The second-order valence-electron chi connectivity index (χ2n) is 6.71. The lowest BCUT2D eigenvalue weighted by Gasteiger charge is -2.15. The predicted octanol–water partition coefficient (Wildman–Crippen LogP) is 2.09. The quantitative estimate of drug-likeness (QED) is 0.560. The largest absolute Gasteiger partial charge is 0.325 e. The molecule has 0 radical (unpaired) electrons. The summed E-state index contributed by atoms with van der Waals surface area (Å²) in [4.78, 5) is 12.4. The van der Waals surface area contributed by atoms with E-state index in [0.29, 0.717) is 5.02 Å². The summed E-state index contributed by atoms with van der Waals surface area (Å²) in [5, 5.41) is 2.92. The van der Waals surface area contributed by atoms with Gasteiger partial charge < -0.3 is 5.32 Å². The van der Waals surface area contributed by atoms with Crippen molar-refractivity contribution in [3.05, 3.63) is 53.6 Å². The Morgan fingerprint density at radius 1 is 1.00 bits per heavy atom. The molecule has 0 saturated heterocycles. The second-order valence-corrected chi connectivity index (χ2v) is 10.6. The first-order chi connectivity index (χ1) is 13.6. The molecule has 2 aromatic carbocycles. The summed E-state index contributed by atoms with van der Waals surface area (Å²) in [5.74, 6) is -0.632. The maximum Gasteiger partial charge on any atom is 0.242 e. The van der Waals surface area contributed by atoms with Crippen LogP contribution >= 0.6 is 11.6 Å². The molecule has 3 rings (SSSR count).